The Labute approximate surface area is 198 Å². The molecule has 0 radical (unpaired) electrons. The number of hydrogen-bond acceptors (Lipinski definition) is 9. The van der Waals surface area contributed by atoms with Crippen molar-refractivity contribution in [3.05, 3.63) is 39.7 Å². The van der Waals surface area contributed by atoms with Gasteiger partial charge in [-0.05, 0) is 44.1 Å². The van der Waals surface area contributed by atoms with Gasteiger partial charge in [-0.25, -0.2) is 15.0 Å². The number of ether oxygens (including phenoxy) is 1. The lowest BCUT2D eigenvalue weighted by Gasteiger charge is -2.24. The van der Waals surface area contributed by atoms with E-state index in [0.29, 0.717) is 35.2 Å². The van der Waals surface area contributed by atoms with Gasteiger partial charge in [0.05, 0.1) is 28.6 Å². The molecule has 3 aromatic heterocycles. The number of hydrogen-bond donors (Lipinski definition) is 2. The Bertz CT molecular complexity index is 1440. The van der Waals surface area contributed by atoms with Crippen LogP contribution in [-0.4, -0.2) is 56.9 Å². The highest BCUT2D eigenvalue weighted by molar-refractivity contribution is 7.21. The molecule has 0 fully saturated rings. The molecule has 33 heavy (non-hydrogen) atoms. The molecule has 0 saturated carbocycles. The summed E-state index contributed by atoms with van der Waals surface area (Å²) < 4.78 is 7.03. The van der Waals surface area contributed by atoms with Crippen LogP contribution in [0.1, 0.15) is 27.9 Å². The minimum Gasteiger partial charge on any atom is -0.419 e. The first-order valence-electron chi connectivity index (χ1n) is 10.6. The van der Waals surface area contributed by atoms with Crippen LogP contribution in [-0.2, 0) is 13.0 Å². The van der Waals surface area contributed by atoms with Crippen LogP contribution < -0.4 is 15.4 Å². The van der Waals surface area contributed by atoms with E-state index < -0.39 is 0 Å². The van der Waals surface area contributed by atoms with Gasteiger partial charge in [0.15, 0.2) is 0 Å². The van der Waals surface area contributed by atoms with E-state index in [1.54, 1.807) is 6.20 Å². The van der Waals surface area contributed by atoms with Crippen LogP contribution in [0.5, 0.6) is 11.8 Å². The summed E-state index contributed by atoms with van der Waals surface area (Å²) in [6.45, 7) is 4.20. The van der Waals surface area contributed by atoms with Gasteiger partial charge in [0, 0.05) is 41.3 Å². The molecule has 2 aliphatic heterocycles. The molecule has 0 bridgehead atoms. The maximum Gasteiger partial charge on any atom is 0.263 e. The molecule has 1 aromatic carbocycles. The van der Waals surface area contributed by atoms with Gasteiger partial charge in [-0.2, -0.15) is 4.98 Å². The second kappa shape index (κ2) is 7.75. The molecular formula is C22H20ClN7O2S. The van der Waals surface area contributed by atoms with Crippen molar-refractivity contribution in [2.75, 3.05) is 25.5 Å². The zero-order valence-corrected chi connectivity index (χ0v) is 19.5. The Balaban J connectivity index is 1.42. The maximum absolute atomic E-state index is 12.6. The number of fused-ring (bicyclic) bond motifs is 6. The number of halogens is 1. The van der Waals surface area contributed by atoms with Crippen LogP contribution in [0.4, 0.5) is 5.69 Å². The summed E-state index contributed by atoms with van der Waals surface area (Å²) in [6.07, 6.45) is 2.36. The van der Waals surface area contributed by atoms with E-state index in [1.807, 2.05) is 26.1 Å². The number of aromatic nitrogens is 4. The summed E-state index contributed by atoms with van der Waals surface area (Å²) >= 11 is 7.60. The number of nitrogens with zero attached hydrogens (tertiary/aromatic N) is 5. The Hall–Kier alpha value is -3.08. The molecule has 168 valence electrons. The summed E-state index contributed by atoms with van der Waals surface area (Å²) in [5, 5.41) is 7.47. The highest BCUT2D eigenvalue weighted by Gasteiger charge is 2.26. The summed E-state index contributed by atoms with van der Waals surface area (Å²) in [4.78, 5) is 33.5. The van der Waals surface area contributed by atoms with E-state index in [9.17, 15) is 4.79 Å². The third-order valence-electron chi connectivity index (χ3n) is 5.90. The predicted octanol–water partition coefficient (Wildman–Crippen LogP) is 3.61. The fourth-order valence-electron chi connectivity index (χ4n) is 4.31. The van der Waals surface area contributed by atoms with Crippen molar-refractivity contribution in [3.63, 3.8) is 0 Å². The molecule has 6 rings (SSSR count). The predicted molar refractivity (Wildman–Crippen MR) is 127 cm³/mol. The lowest BCUT2D eigenvalue weighted by atomic mass is 10.1. The quantitative estimate of drug-likeness (QED) is 0.418. The number of carbonyl (C=O) groups excluding carboxylic acids is 1. The van der Waals surface area contributed by atoms with Gasteiger partial charge in [-0.3, -0.25) is 4.79 Å². The van der Waals surface area contributed by atoms with E-state index in [1.165, 1.54) is 11.3 Å². The molecule has 4 aromatic rings. The van der Waals surface area contributed by atoms with E-state index in [0.717, 1.165) is 45.5 Å². The normalized spacial score (nSPS) is 18.4. The highest BCUT2D eigenvalue weighted by atomic mass is 35.5. The van der Waals surface area contributed by atoms with Crippen LogP contribution in [0, 0.1) is 0 Å². The minimum atomic E-state index is -0.0687. The highest BCUT2D eigenvalue weighted by Crippen LogP contribution is 2.40. The fraction of sp³-hybridized carbons (Fsp3) is 0.318. The van der Waals surface area contributed by atoms with Crippen molar-refractivity contribution in [1.82, 2.24) is 30.2 Å². The number of amides is 1. The molecule has 1 amide bonds. The van der Waals surface area contributed by atoms with Gasteiger partial charge in [0.25, 0.3) is 5.91 Å². The number of thiophene rings is 1. The first-order chi connectivity index (χ1) is 16.0. The number of likely N-dealkylation sites (N-methyl/N-ethyl adjacent to an activating group) is 1. The molecule has 1 atom stereocenters. The Morgan fingerprint density at radius 1 is 1.27 bits per heavy atom. The molecule has 0 saturated heterocycles. The van der Waals surface area contributed by atoms with E-state index in [-0.39, 0.29) is 17.2 Å². The van der Waals surface area contributed by atoms with Gasteiger partial charge < -0.3 is 20.3 Å². The molecular weight excluding hydrogens is 462 g/mol. The summed E-state index contributed by atoms with van der Waals surface area (Å²) in [7, 11) is 2.04. The van der Waals surface area contributed by atoms with Gasteiger partial charge in [0.1, 0.15) is 4.88 Å². The van der Waals surface area contributed by atoms with E-state index in [4.69, 9.17) is 16.3 Å². The van der Waals surface area contributed by atoms with Gasteiger partial charge in [0.2, 0.25) is 17.0 Å². The van der Waals surface area contributed by atoms with Crippen LogP contribution >= 0.6 is 22.9 Å². The van der Waals surface area contributed by atoms with Gasteiger partial charge >= 0.3 is 0 Å². The Kier molecular flexibility index (Phi) is 4.82. The van der Waals surface area contributed by atoms with Crippen molar-refractivity contribution < 1.29 is 9.53 Å². The van der Waals surface area contributed by atoms with E-state index in [2.05, 4.69) is 35.5 Å². The van der Waals surface area contributed by atoms with Crippen LogP contribution in [0.3, 0.4) is 0 Å². The first-order valence-corrected chi connectivity index (χ1v) is 11.8. The lowest BCUT2D eigenvalue weighted by Crippen LogP contribution is -2.34. The second-order valence-corrected chi connectivity index (χ2v) is 9.78. The molecule has 2 N–H and O–H groups in total. The van der Waals surface area contributed by atoms with Gasteiger partial charge in [-0.15, -0.1) is 11.3 Å². The van der Waals surface area contributed by atoms with Crippen molar-refractivity contribution in [3.8, 4) is 11.8 Å². The number of anilines is 1. The monoisotopic (exact) mass is 481 g/mol. The summed E-state index contributed by atoms with van der Waals surface area (Å²) in [5.74, 6) is 0.684. The fourth-order valence-corrected chi connectivity index (χ4v) is 5.57. The SMILES string of the molecule is CC1CNc2c(sc3ccc4nc(Oc5nc(Cl)nc6c5CCN(C)C6)cnc4c23)C(=O)N1. The molecule has 1 unspecified atom stereocenters. The zero-order valence-electron chi connectivity index (χ0n) is 18.0. The van der Waals surface area contributed by atoms with Crippen molar-refractivity contribution in [2.24, 2.45) is 0 Å². The zero-order chi connectivity index (χ0) is 22.7. The maximum atomic E-state index is 12.6. The minimum absolute atomic E-state index is 0.0404. The second-order valence-electron chi connectivity index (χ2n) is 8.39. The standard InChI is InChI=1S/C22H20ClN7O2S/c1-10-7-24-18-16-14(33-19(18)20(31)26-10)4-3-12-17(16)25-8-15(27-12)32-21-11-5-6-30(2)9-13(11)28-22(23)29-21/h3-4,8,10,24H,5-7,9H2,1-2H3,(H,26,31). The average Bonchev–Trinajstić information content (AvgIpc) is 3.09. The number of nitrogens with one attached hydrogen (secondary N) is 2. The van der Waals surface area contributed by atoms with Crippen LogP contribution in [0.2, 0.25) is 5.28 Å². The summed E-state index contributed by atoms with van der Waals surface area (Å²) in [6, 6.07) is 3.90. The molecule has 0 aliphatic carbocycles. The molecule has 9 nitrogen and oxygen atoms in total. The number of carbonyl (C=O) groups is 1. The smallest absolute Gasteiger partial charge is 0.263 e. The van der Waals surface area contributed by atoms with Crippen molar-refractivity contribution >= 4 is 55.7 Å². The molecule has 2 aliphatic rings. The molecule has 0 spiro atoms. The van der Waals surface area contributed by atoms with Crippen LogP contribution in [0.15, 0.2) is 18.3 Å². The third-order valence-corrected chi connectivity index (χ3v) is 7.23. The largest absolute Gasteiger partial charge is 0.419 e. The number of rotatable bonds is 2. The topological polar surface area (TPSA) is 105 Å². The molecule has 11 heteroatoms. The van der Waals surface area contributed by atoms with Crippen molar-refractivity contribution in [2.45, 2.75) is 25.9 Å². The van der Waals surface area contributed by atoms with Gasteiger partial charge in [-0.1, -0.05) is 0 Å². The summed E-state index contributed by atoms with van der Waals surface area (Å²) in [5.41, 5.74) is 4.02. The Morgan fingerprint density at radius 3 is 3.03 bits per heavy atom. The lowest BCUT2D eigenvalue weighted by molar-refractivity contribution is 0.0949. The number of benzene rings is 1. The van der Waals surface area contributed by atoms with Crippen molar-refractivity contribution in [1.29, 1.82) is 0 Å². The first kappa shape index (κ1) is 20.5. The Morgan fingerprint density at radius 2 is 2.15 bits per heavy atom. The third kappa shape index (κ3) is 3.54. The van der Waals surface area contributed by atoms with Crippen LogP contribution in [0.25, 0.3) is 21.1 Å². The molecule has 5 heterocycles. The van der Waals surface area contributed by atoms with E-state index >= 15 is 0 Å². The average molecular weight is 482 g/mol.